The molecule has 0 radical (unpaired) electrons. The molecule has 1 aliphatic heterocycles. The standard InChI is InChI=1S/C24H30BrNO2/c1-23(2,19-13-17-26-18-14-19)28-22(27)24(15-16-25,20-9-5-3-6-10-20)21-11-7-4-8-12-21/h3-12,19,26H,13-18H2,1-2H3/p+1. The van der Waals surface area contributed by atoms with Crippen LogP contribution in [0.5, 0.6) is 0 Å². The lowest BCUT2D eigenvalue weighted by Gasteiger charge is -2.40. The molecule has 0 aromatic heterocycles. The number of ether oxygens (including phenoxy) is 1. The molecule has 0 bridgehead atoms. The van der Waals surface area contributed by atoms with Gasteiger partial charge in [0, 0.05) is 24.1 Å². The van der Waals surface area contributed by atoms with E-state index in [0.717, 1.165) is 37.1 Å². The van der Waals surface area contributed by atoms with Crippen LogP contribution in [-0.2, 0) is 14.9 Å². The second-order valence-electron chi connectivity index (χ2n) is 8.21. The molecular weight excluding hydrogens is 414 g/mol. The number of benzene rings is 2. The molecule has 28 heavy (non-hydrogen) atoms. The third-order valence-corrected chi connectivity index (χ3v) is 6.53. The molecule has 3 nitrogen and oxygen atoms in total. The summed E-state index contributed by atoms with van der Waals surface area (Å²) in [6.07, 6.45) is 2.82. The van der Waals surface area contributed by atoms with E-state index < -0.39 is 11.0 Å². The summed E-state index contributed by atoms with van der Waals surface area (Å²) in [7, 11) is 0. The quantitative estimate of drug-likeness (QED) is 0.516. The fourth-order valence-corrected chi connectivity index (χ4v) is 5.01. The van der Waals surface area contributed by atoms with Gasteiger partial charge in [0.1, 0.15) is 11.0 Å². The fourth-order valence-electron chi connectivity index (χ4n) is 4.41. The maximum Gasteiger partial charge on any atom is 0.321 e. The van der Waals surface area contributed by atoms with Crippen molar-refractivity contribution in [1.29, 1.82) is 0 Å². The van der Waals surface area contributed by atoms with Crippen LogP contribution in [0, 0.1) is 5.92 Å². The zero-order chi connectivity index (χ0) is 20.0. The number of rotatable bonds is 7. The number of esters is 1. The highest BCUT2D eigenvalue weighted by atomic mass is 79.9. The number of alkyl halides is 1. The number of hydrogen-bond donors (Lipinski definition) is 1. The summed E-state index contributed by atoms with van der Waals surface area (Å²) in [6, 6.07) is 20.1. The Labute approximate surface area is 177 Å². The molecule has 1 fully saturated rings. The van der Waals surface area contributed by atoms with Crippen LogP contribution in [0.4, 0.5) is 0 Å². The average molecular weight is 445 g/mol. The van der Waals surface area contributed by atoms with Crippen molar-refractivity contribution in [2.45, 2.75) is 44.1 Å². The Morgan fingerprint density at radius 3 is 1.96 bits per heavy atom. The van der Waals surface area contributed by atoms with Crippen molar-refractivity contribution in [3.05, 3.63) is 71.8 Å². The van der Waals surface area contributed by atoms with E-state index in [1.54, 1.807) is 0 Å². The number of piperidine rings is 1. The molecule has 1 heterocycles. The van der Waals surface area contributed by atoms with Crippen LogP contribution >= 0.6 is 15.9 Å². The number of hydrogen-bond acceptors (Lipinski definition) is 2. The lowest BCUT2D eigenvalue weighted by atomic mass is 9.72. The molecule has 0 aliphatic carbocycles. The molecule has 1 saturated heterocycles. The molecule has 0 unspecified atom stereocenters. The first kappa shape index (κ1) is 21.1. The summed E-state index contributed by atoms with van der Waals surface area (Å²) >= 11 is 3.59. The third-order valence-electron chi connectivity index (χ3n) is 6.13. The molecule has 3 rings (SSSR count). The van der Waals surface area contributed by atoms with E-state index in [1.165, 1.54) is 0 Å². The van der Waals surface area contributed by atoms with Crippen molar-refractivity contribution in [2.75, 3.05) is 18.4 Å². The lowest BCUT2D eigenvalue weighted by molar-refractivity contribution is -0.665. The number of carbonyl (C=O) groups excluding carboxylic acids is 1. The monoisotopic (exact) mass is 444 g/mol. The smallest absolute Gasteiger partial charge is 0.321 e. The van der Waals surface area contributed by atoms with Gasteiger partial charge in [0.25, 0.3) is 0 Å². The highest BCUT2D eigenvalue weighted by molar-refractivity contribution is 9.09. The van der Waals surface area contributed by atoms with Crippen LogP contribution in [0.1, 0.15) is 44.2 Å². The Morgan fingerprint density at radius 1 is 1.00 bits per heavy atom. The Morgan fingerprint density at radius 2 is 1.50 bits per heavy atom. The predicted octanol–water partition coefficient (Wildman–Crippen LogP) is 4.05. The van der Waals surface area contributed by atoms with Gasteiger partial charge >= 0.3 is 5.97 Å². The average Bonchev–Trinajstić information content (AvgIpc) is 2.73. The molecule has 0 amide bonds. The second kappa shape index (κ2) is 9.23. The summed E-state index contributed by atoms with van der Waals surface area (Å²) < 4.78 is 6.33. The van der Waals surface area contributed by atoms with Gasteiger partial charge < -0.3 is 10.1 Å². The second-order valence-corrected chi connectivity index (χ2v) is 9.00. The molecule has 0 atom stereocenters. The minimum Gasteiger partial charge on any atom is -0.458 e. The van der Waals surface area contributed by atoms with Crippen LogP contribution < -0.4 is 5.32 Å². The van der Waals surface area contributed by atoms with Crippen LogP contribution in [0.3, 0.4) is 0 Å². The Kier molecular flexibility index (Phi) is 6.95. The number of carbonyl (C=O) groups is 1. The van der Waals surface area contributed by atoms with Crippen molar-refractivity contribution < 1.29 is 14.8 Å². The minimum atomic E-state index is -0.815. The lowest BCUT2D eigenvalue weighted by Crippen LogP contribution is -2.86. The Hall–Kier alpha value is -1.65. The number of halogens is 1. The molecule has 2 aromatic carbocycles. The minimum absolute atomic E-state index is 0.149. The van der Waals surface area contributed by atoms with Crippen molar-refractivity contribution in [1.82, 2.24) is 0 Å². The van der Waals surface area contributed by atoms with Gasteiger partial charge in [-0.15, -0.1) is 0 Å². The predicted molar refractivity (Wildman–Crippen MR) is 117 cm³/mol. The van der Waals surface area contributed by atoms with Gasteiger partial charge in [0.15, 0.2) is 0 Å². The largest absolute Gasteiger partial charge is 0.458 e. The van der Waals surface area contributed by atoms with E-state index in [2.05, 4.69) is 35.1 Å². The highest BCUT2D eigenvalue weighted by Gasteiger charge is 2.46. The van der Waals surface area contributed by atoms with Gasteiger partial charge in [-0.3, -0.25) is 4.79 Å². The van der Waals surface area contributed by atoms with Gasteiger partial charge in [-0.1, -0.05) is 76.6 Å². The summed E-state index contributed by atoms with van der Waals surface area (Å²) in [5, 5.41) is 3.06. The molecule has 1 aliphatic rings. The van der Waals surface area contributed by atoms with Gasteiger partial charge in [0.05, 0.1) is 13.1 Å². The zero-order valence-electron chi connectivity index (χ0n) is 16.9. The maximum absolute atomic E-state index is 13.9. The molecule has 150 valence electrons. The molecular formula is C24H31BrNO2+. The van der Waals surface area contributed by atoms with Crippen molar-refractivity contribution in [3.63, 3.8) is 0 Å². The van der Waals surface area contributed by atoms with Gasteiger partial charge in [-0.2, -0.15) is 0 Å². The molecule has 0 saturated carbocycles. The molecule has 2 N–H and O–H groups in total. The SMILES string of the molecule is CC(C)(OC(=O)C(CCBr)(c1ccccc1)c1ccccc1)C1CC[NH2+]CC1. The van der Waals surface area contributed by atoms with E-state index in [-0.39, 0.29) is 5.97 Å². The van der Waals surface area contributed by atoms with Crippen LogP contribution in [0.15, 0.2) is 60.7 Å². The normalized spacial score (nSPS) is 16.0. The van der Waals surface area contributed by atoms with Gasteiger partial charge in [-0.05, 0) is 31.4 Å². The number of nitrogens with two attached hydrogens (primary N) is 1. The first-order chi connectivity index (χ1) is 13.5. The first-order valence-electron chi connectivity index (χ1n) is 10.2. The van der Waals surface area contributed by atoms with E-state index in [9.17, 15) is 4.79 Å². The van der Waals surface area contributed by atoms with Crippen LogP contribution in [0.25, 0.3) is 0 Å². The van der Waals surface area contributed by atoms with Crippen LogP contribution in [-0.4, -0.2) is 30.0 Å². The molecule has 2 aromatic rings. The third kappa shape index (κ3) is 4.33. The van der Waals surface area contributed by atoms with Gasteiger partial charge in [0.2, 0.25) is 0 Å². The van der Waals surface area contributed by atoms with E-state index in [0.29, 0.717) is 17.7 Å². The summed E-state index contributed by atoms with van der Waals surface area (Å²) in [5.41, 5.74) is 0.674. The molecule has 4 heteroatoms. The Bertz CT molecular complexity index is 715. The number of quaternary nitrogens is 1. The van der Waals surface area contributed by atoms with E-state index >= 15 is 0 Å². The molecule has 0 spiro atoms. The first-order valence-corrected chi connectivity index (χ1v) is 11.3. The van der Waals surface area contributed by atoms with Crippen molar-refractivity contribution in [2.24, 2.45) is 5.92 Å². The fraction of sp³-hybridized carbons (Fsp3) is 0.458. The van der Waals surface area contributed by atoms with E-state index in [4.69, 9.17) is 4.74 Å². The zero-order valence-corrected chi connectivity index (χ0v) is 18.5. The summed E-state index contributed by atoms with van der Waals surface area (Å²) in [4.78, 5) is 13.9. The van der Waals surface area contributed by atoms with Crippen LogP contribution in [0.2, 0.25) is 0 Å². The summed E-state index contributed by atoms with van der Waals surface area (Å²) in [6.45, 7) is 6.37. The van der Waals surface area contributed by atoms with Crippen molar-refractivity contribution in [3.8, 4) is 0 Å². The highest BCUT2D eigenvalue weighted by Crippen LogP contribution is 2.40. The summed E-state index contributed by atoms with van der Waals surface area (Å²) in [5.74, 6) is 0.249. The van der Waals surface area contributed by atoms with E-state index in [1.807, 2.05) is 60.7 Å². The maximum atomic E-state index is 13.9. The topological polar surface area (TPSA) is 42.9 Å². The van der Waals surface area contributed by atoms with Gasteiger partial charge in [-0.25, -0.2) is 0 Å². The van der Waals surface area contributed by atoms with Crippen molar-refractivity contribution >= 4 is 21.9 Å². The Balaban J connectivity index is 2.01.